The van der Waals surface area contributed by atoms with E-state index < -0.39 is 5.97 Å². The standard InChI is InChI=1S/C16H21NO4/c1-10(11-4-3-5-14(9-11)21-2)17-15(18)12-6-7-13(8-12)16(19)20/h3-5,9-10,12-13H,6-8H2,1-2H3,(H,17,18)(H,19,20)/t10-,12?,13?/m0/s1. The SMILES string of the molecule is COc1cccc([C@H](C)NC(=O)C2CCC(C(=O)O)C2)c1. The lowest BCUT2D eigenvalue weighted by Gasteiger charge is -2.18. The predicted octanol–water partition coefficient (Wildman–Crippen LogP) is 2.37. The number of amides is 1. The van der Waals surface area contributed by atoms with E-state index in [0.29, 0.717) is 19.3 Å². The van der Waals surface area contributed by atoms with Crippen molar-refractivity contribution in [1.29, 1.82) is 0 Å². The molecule has 0 radical (unpaired) electrons. The molecule has 0 bridgehead atoms. The molecule has 1 amide bonds. The largest absolute Gasteiger partial charge is 0.497 e. The Morgan fingerprint density at radius 1 is 1.33 bits per heavy atom. The smallest absolute Gasteiger partial charge is 0.306 e. The van der Waals surface area contributed by atoms with E-state index >= 15 is 0 Å². The number of carboxylic acid groups (broad SMARTS) is 1. The normalized spacial score (nSPS) is 22.6. The fourth-order valence-electron chi connectivity index (χ4n) is 2.77. The maximum atomic E-state index is 12.2. The number of carbonyl (C=O) groups excluding carboxylic acids is 1. The second-order valence-corrected chi connectivity index (χ2v) is 5.55. The minimum Gasteiger partial charge on any atom is -0.497 e. The van der Waals surface area contributed by atoms with E-state index in [9.17, 15) is 9.59 Å². The highest BCUT2D eigenvalue weighted by Gasteiger charge is 2.34. The van der Waals surface area contributed by atoms with Crippen molar-refractivity contribution < 1.29 is 19.4 Å². The Morgan fingerprint density at radius 2 is 2.05 bits per heavy atom. The van der Waals surface area contributed by atoms with Crippen molar-refractivity contribution in [2.24, 2.45) is 11.8 Å². The zero-order chi connectivity index (χ0) is 15.4. The van der Waals surface area contributed by atoms with Gasteiger partial charge in [0.2, 0.25) is 5.91 Å². The Balaban J connectivity index is 1.94. The molecule has 0 heterocycles. The molecule has 0 aliphatic heterocycles. The molecule has 1 saturated carbocycles. The van der Waals surface area contributed by atoms with Crippen LogP contribution >= 0.6 is 0 Å². The van der Waals surface area contributed by atoms with E-state index in [-0.39, 0.29) is 23.8 Å². The van der Waals surface area contributed by atoms with Crippen molar-refractivity contribution in [2.45, 2.75) is 32.2 Å². The van der Waals surface area contributed by atoms with Crippen molar-refractivity contribution in [2.75, 3.05) is 7.11 Å². The molecule has 2 N–H and O–H groups in total. The van der Waals surface area contributed by atoms with Gasteiger partial charge in [-0.25, -0.2) is 0 Å². The quantitative estimate of drug-likeness (QED) is 0.873. The summed E-state index contributed by atoms with van der Waals surface area (Å²) in [6.45, 7) is 1.91. The monoisotopic (exact) mass is 291 g/mol. The number of nitrogens with one attached hydrogen (secondary N) is 1. The summed E-state index contributed by atoms with van der Waals surface area (Å²) >= 11 is 0. The van der Waals surface area contributed by atoms with Gasteiger partial charge in [-0.1, -0.05) is 12.1 Å². The van der Waals surface area contributed by atoms with Crippen LogP contribution < -0.4 is 10.1 Å². The minimum atomic E-state index is -0.800. The van der Waals surface area contributed by atoms with E-state index in [4.69, 9.17) is 9.84 Å². The van der Waals surface area contributed by atoms with Gasteiger partial charge < -0.3 is 15.2 Å². The van der Waals surface area contributed by atoms with Crippen molar-refractivity contribution in [3.05, 3.63) is 29.8 Å². The van der Waals surface area contributed by atoms with Crippen LogP contribution in [0.5, 0.6) is 5.75 Å². The molecule has 0 aromatic heterocycles. The molecule has 0 spiro atoms. The molecule has 0 saturated heterocycles. The highest BCUT2D eigenvalue weighted by atomic mass is 16.5. The number of rotatable bonds is 5. The first-order valence-electron chi connectivity index (χ1n) is 7.18. The van der Waals surface area contributed by atoms with E-state index in [1.165, 1.54) is 0 Å². The number of hydrogen-bond donors (Lipinski definition) is 2. The van der Waals surface area contributed by atoms with Crippen LogP contribution in [0.4, 0.5) is 0 Å². The lowest BCUT2D eigenvalue weighted by atomic mass is 10.0. The number of carboxylic acids is 1. The van der Waals surface area contributed by atoms with Crippen LogP contribution in [0.15, 0.2) is 24.3 Å². The summed E-state index contributed by atoms with van der Waals surface area (Å²) < 4.78 is 5.17. The lowest BCUT2D eigenvalue weighted by molar-refractivity contribution is -0.141. The predicted molar refractivity (Wildman–Crippen MR) is 78.0 cm³/mol. The highest BCUT2D eigenvalue weighted by Crippen LogP contribution is 2.31. The van der Waals surface area contributed by atoms with Crippen LogP contribution in [-0.2, 0) is 9.59 Å². The average Bonchev–Trinajstić information content (AvgIpc) is 2.97. The third-order valence-corrected chi connectivity index (χ3v) is 4.11. The number of methoxy groups -OCH3 is 1. The minimum absolute atomic E-state index is 0.0610. The van der Waals surface area contributed by atoms with E-state index in [2.05, 4.69) is 5.32 Å². The number of ether oxygens (including phenoxy) is 1. The number of hydrogen-bond acceptors (Lipinski definition) is 3. The van der Waals surface area contributed by atoms with Gasteiger partial charge in [0.15, 0.2) is 0 Å². The molecule has 1 fully saturated rings. The van der Waals surface area contributed by atoms with Crippen LogP contribution in [0, 0.1) is 11.8 Å². The van der Waals surface area contributed by atoms with Crippen molar-refractivity contribution >= 4 is 11.9 Å². The van der Waals surface area contributed by atoms with Crippen molar-refractivity contribution in [3.63, 3.8) is 0 Å². The molecular formula is C16H21NO4. The van der Waals surface area contributed by atoms with Gasteiger partial charge in [0.1, 0.15) is 5.75 Å². The van der Waals surface area contributed by atoms with Gasteiger partial charge in [-0.2, -0.15) is 0 Å². The molecule has 3 atom stereocenters. The molecule has 1 aliphatic rings. The van der Waals surface area contributed by atoms with Crippen molar-refractivity contribution in [1.82, 2.24) is 5.32 Å². The topological polar surface area (TPSA) is 75.6 Å². The molecule has 21 heavy (non-hydrogen) atoms. The molecule has 5 nitrogen and oxygen atoms in total. The highest BCUT2D eigenvalue weighted by molar-refractivity contribution is 5.81. The molecular weight excluding hydrogens is 270 g/mol. The van der Waals surface area contributed by atoms with Crippen LogP contribution in [0.2, 0.25) is 0 Å². The van der Waals surface area contributed by atoms with Gasteiger partial charge >= 0.3 is 5.97 Å². The maximum Gasteiger partial charge on any atom is 0.306 e. The third kappa shape index (κ3) is 3.74. The van der Waals surface area contributed by atoms with E-state index in [1.807, 2.05) is 31.2 Å². The first-order chi connectivity index (χ1) is 10.0. The lowest BCUT2D eigenvalue weighted by Crippen LogP contribution is -2.32. The first-order valence-corrected chi connectivity index (χ1v) is 7.18. The van der Waals surface area contributed by atoms with Gasteiger partial charge in [-0.05, 0) is 43.9 Å². The second-order valence-electron chi connectivity index (χ2n) is 5.55. The zero-order valence-corrected chi connectivity index (χ0v) is 12.3. The number of benzene rings is 1. The second kappa shape index (κ2) is 6.61. The Labute approximate surface area is 124 Å². The molecule has 2 unspecified atom stereocenters. The summed E-state index contributed by atoms with van der Waals surface area (Å²) in [4.78, 5) is 23.2. The Morgan fingerprint density at radius 3 is 2.67 bits per heavy atom. The molecule has 5 heteroatoms. The molecule has 1 aromatic rings. The van der Waals surface area contributed by atoms with Crippen LogP contribution in [0.1, 0.15) is 37.8 Å². The fourth-order valence-corrected chi connectivity index (χ4v) is 2.77. The number of aliphatic carboxylic acids is 1. The van der Waals surface area contributed by atoms with E-state index in [1.54, 1.807) is 7.11 Å². The molecule has 1 aliphatic carbocycles. The first kappa shape index (κ1) is 15.4. The van der Waals surface area contributed by atoms with Crippen LogP contribution in [-0.4, -0.2) is 24.1 Å². The van der Waals surface area contributed by atoms with Crippen molar-refractivity contribution in [3.8, 4) is 5.75 Å². The molecule has 1 aromatic carbocycles. The summed E-state index contributed by atoms with van der Waals surface area (Å²) in [6.07, 6.45) is 1.67. The summed E-state index contributed by atoms with van der Waals surface area (Å²) in [5.41, 5.74) is 0.968. The summed E-state index contributed by atoms with van der Waals surface area (Å²) in [6, 6.07) is 7.43. The zero-order valence-electron chi connectivity index (χ0n) is 12.3. The Hall–Kier alpha value is -2.04. The van der Waals surface area contributed by atoms with Gasteiger partial charge in [0.25, 0.3) is 0 Å². The Kier molecular flexibility index (Phi) is 4.83. The fraction of sp³-hybridized carbons (Fsp3) is 0.500. The molecule has 114 valence electrons. The Bertz CT molecular complexity index is 529. The summed E-state index contributed by atoms with van der Waals surface area (Å²) in [7, 11) is 1.60. The van der Waals surface area contributed by atoms with Gasteiger partial charge in [0.05, 0.1) is 19.1 Å². The summed E-state index contributed by atoms with van der Waals surface area (Å²) in [5.74, 6) is -0.687. The van der Waals surface area contributed by atoms with Gasteiger partial charge in [-0.15, -0.1) is 0 Å². The van der Waals surface area contributed by atoms with Gasteiger partial charge in [-0.3, -0.25) is 9.59 Å². The van der Waals surface area contributed by atoms with Crippen LogP contribution in [0.25, 0.3) is 0 Å². The van der Waals surface area contributed by atoms with E-state index in [0.717, 1.165) is 11.3 Å². The summed E-state index contributed by atoms with van der Waals surface area (Å²) in [5, 5.41) is 11.9. The van der Waals surface area contributed by atoms with Crippen LogP contribution in [0.3, 0.4) is 0 Å². The average molecular weight is 291 g/mol. The number of carbonyl (C=O) groups is 2. The maximum absolute atomic E-state index is 12.2. The third-order valence-electron chi connectivity index (χ3n) is 4.11. The van der Waals surface area contributed by atoms with Gasteiger partial charge in [0, 0.05) is 5.92 Å². The molecule has 2 rings (SSSR count).